The highest BCUT2D eigenvalue weighted by Gasteiger charge is 2.10. The highest BCUT2D eigenvalue weighted by Crippen LogP contribution is 2.10. The zero-order valence-corrected chi connectivity index (χ0v) is 8.47. The maximum atomic E-state index is 3.61. The molecule has 2 nitrogen and oxygen atoms in total. The van der Waals surface area contributed by atoms with Gasteiger partial charge in [0.1, 0.15) is 0 Å². The van der Waals surface area contributed by atoms with E-state index in [-0.39, 0.29) is 0 Å². The van der Waals surface area contributed by atoms with E-state index >= 15 is 0 Å². The fraction of sp³-hybridized carbons (Fsp3) is 1.00. The fourth-order valence-electron chi connectivity index (χ4n) is 1.76. The van der Waals surface area contributed by atoms with Crippen LogP contribution in [-0.4, -0.2) is 38.1 Å². The molecule has 2 heteroatoms. The largest absolute Gasteiger partial charge is 0.314 e. The summed E-state index contributed by atoms with van der Waals surface area (Å²) in [5.74, 6) is 0. The Morgan fingerprint density at radius 1 is 1.25 bits per heavy atom. The van der Waals surface area contributed by atoms with Crippen molar-refractivity contribution in [1.82, 2.24) is 10.2 Å². The van der Waals surface area contributed by atoms with Crippen LogP contribution < -0.4 is 5.32 Å². The fourth-order valence-corrected chi connectivity index (χ4v) is 1.76. The molecular formula is C10H22N2. The summed E-state index contributed by atoms with van der Waals surface area (Å²) in [6.45, 7) is 2.45. The molecule has 0 spiro atoms. The van der Waals surface area contributed by atoms with Crippen LogP contribution in [0.1, 0.15) is 32.1 Å². The number of hydrogen-bond acceptors (Lipinski definition) is 2. The molecule has 1 unspecified atom stereocenters. The second kappa shape index (κ2) is 5.55. The van der Waals surface area contributed by atoms with Gasteiger partial charge in [-0.15, -0.1) is 0 Å². The van der Waals surface area contributed by atoms with Crippen molar-refractivity contribution in [2.24, 2.45) is 0 Å². The van der Waals surface area contributed by atoms with Crippen LogP contribution in [0.3, 0.4) is 0 Å². The van der Waals surface area contributed by atoms with Crippen molar-refractivity contribution < 1.29 is 0 Å². The van der Waals surface area contributed by atoms with Crippen LogP contribution in [0.5, 0.6) is 0 Å². The lowest BCUT2D eigenvalue weighted by Crippen LogP contribution is -2.31. The first-order valence-corrected chi connectivity index (χ1v) is 5.17. The lowest BCUT2D eigenvalue weighted by molar-refractivity contribution is 0.355. The second-order valence-corrected chi connectivity index (χ2v) is 4.09. The van der Waals surface area contributed by atoms with Crippen molar-refractivity contribution >= 4 is 0 Å². The van der Waals surface area contributed by atoms with E-state index in [4.69, 9.17) is 0 Å². The normalized spacial score (nSPS) is 25.8. The smallest absolute Gasteiger partial charge is 0.00792 e. The summed E-state index contributed by atoms with van der Waals surface area (Å²) in [5.41, 5.74) is 0. The van der Waals surface area contributed by atoms with Gasteiger partial charge in [0, 0.05) is 6.04 Å². The molecule has 0 aromatic rings. The number of rotatable bonds is 3. The van der Waals surface area contributed by atoms with Gasteiger partial charge in [-0.25, -0.2) is 0 Å². The SMILES string of the molecule is CN(C)CCC1CCCCCN1. The van der Waals surface area contributed by atoms with Crippen LogP contribution in [-0.2, 0) is 0 Å². The molecule has 1 atom stereocenters. The molecular weight excluding hydrogens is 148 g/mol. The van der Waals surface area contributed by atoms with Crippen molar-refractivity contribution in [2.75, 3.05) is 27.2 Å². The molecule has 1 heterocycles. The zero-order chi connectivity index (χ0) is 8.81. The minimum absolute atomic E-state index is 0.787. The number of hydrogen-bond donors (Lipinski definition) is 1. The van der Waals surface area contributed by atoms with Crippen molar-refractivity contribution in [2.45, 2.75) is 38.1 Å². The van der Waals surface area contributed by atoms with E-state index in [1.807, 2.05) is 0 Å². The van der Waals surface area contributed by atoms with E-state index in [9.17, 15) is 0 Å². The van der Waals surface area contributed by atoms with Gasteiger partial charge in [0.25, 0.3) is 0 Å². The molecule has 1 fully saturated rings. The molecule has 1 rings (SSSR count). The first-order chi connectivity index (χ1) is 5.79. The third kappa shape index (κ3) is 4.07. The third-order valence-electron chi connectivity index (χ3n) is 2.59. The molecule has 0 bridgehead atoms. The van der Waals surface area contributed by atoms with E-state index < -0.39 is 0 Å². The molecule has 0 radical (unpaired) electrons. The first kappa shape index (κ1) is 10.0. The predicted molar refractivity (Wildman–Crippen MR) is 53.4 cm³/mol. The average molecular weight is 170 g/mol. The van der Waals surface area contributed by atoms with Gasteiger partial charge in [0.2, 0.25) is 0 Å². The van der Waals surface area contributed by atoms with Gasteiger partial charge in [-0.3, -0.25) is 0 Å². The summed E-state index contributed by atoms with van der Waals surface area (Å²) in [6, 6.07) is 0.787. The minimum Gasteiger partial charge on any atom is -0.314 e. The van der Waals surface area contributed by atoms with Crippen LogP contribution >= 0.6 is 0 Å². The number of nitrogens with one attached hydrogen (secondary N) is 1. The van der Waals surface area contributed by atoms with Gasteiger partial charge in [0.05, 0.1) is 0 Å². The van der Waals surface area contributed by atoms with Crippen molar-refractivity contribution in [3.63, 3.8) is 0 Å². The molecule has 1 aliphatic heterocycles. The van der Waals surface area contributed by atoms with E-state index in [1.54, 1.807) is 0 Å². The Bertz CT molecular complexity index is 104. The molecule has 0 amide bonds. The van der Waals surface area contributed by atoms with Crippen LogP contribution in [0.2, 0.25) is 0 Å². The van der Waals surface area contributed by atoms with Gasteiger partial charge in [-0.2, -0.15) is 0 Å². The molecule has 0 aromatic carbocycles. The summed E-state index contributed by atoms with van der Waals surface area (Å²) in [6.07, 6.45) is 6.91. The standard InChI is InChI=1S/C10H22N2/c1-12(2)9-7-10-6-4-3-5-8-11-10/h10-11H,3-9H2,1-2H3. The number of nitrogens with zero attached hydrogens (tertiary/aromatic N) is 1. The molecule has 12 heavy (non-hydrogen) atoms. The lowest BCUT2D eigenvalue weighted by atomic mass is 10.1. The first-order valence-electron chi connectivity index (χ1n) is 5.17. The topological polar surface area (TPSA) is 15.3 Å². The van der Waals surface area contributed by atoms with Gasteiger partial charge >= 0.3 is 0 Å². The zero-order valence-electron chi connectivity index (χ0n) is 8.47. The van der Waals surface area contributed by atoms with E-state index in [0.717, 1.165) is 6.04 Å². The second-order valence-electron chi connectivity index (χ2n) is 4.09. The monoisotopic (exact) mass is 170 g/mol. The van der Waals surface area contributed by atoms with Gasteiger partial charge < -0.3 is 10.2 Å². The predicted octanol–water partition coefficient (Wildman–Crippen LogP) is 1.47. The Kier molecular flexibility index (Phi) is 4.62. The van der Waals surface area contributed by atoms with Crippen LogP contribution in [0.15, 0.2) is 0 Å². The molecule has 1 aliphatic rings. The molecule has 1 saturated heterocycles. The van der Waals surface area contributed by atoms with Crippen LogP contribution in [0.25, 0.3) is 0 Å². The minimum atomic E-state index is 0.787. The van der Waals surface area contributed by atoms with Crippen LogP contribution in [0.4, 0.5) is 0 Å². The Hall–Kier alpha value is -0.0800. The quantitative estimate of drug-likeness (QED) is 0.690. The van der Waals surface area contributed by atoms with E-state index in [0.29, 0.717) is 0 Å². The summed E-state index contributed by atoms with van der Waals surface area (Å²) in [7, 11) is 4.30. The molecule has 72 valence electrons. The van der Waals surface area contributed by atoms with E-state index in [2.05, 4.69) is 24.3 Å². The molecule has 0 saturated carbocycles. The van der Waals surface area contributed by atoms with Gasteiger partial charge in [0.15, 0.2) is 0 Å². The maximum Gasteiger partial charge on any atom is 0.00792 e. The highest BCUT2D eigenvalue weighted by molar-refractivity contribution is 4.71. The summed E-state index contributed by atoms with van der Waals surface area (Å²) < 4.78 is 0. The Morgan fingerprint density at radius 2 is 2.08 bits per heavy atom. The van der Waals surface area contributed by atoms with Crippen LogP contribution in [0, 0.1) is 0 Å². The van der Waals surface area contributed by atoms with E-state index in [1.165, 1.54) is 45.2 Å². The lowest BCUT2D eigenvalue weighted by Gasteiger charge is -2.18. The van der Waals surface area contributed by atoms with Crippen molar-refractivity contribution in [3.8, 4) is 0 Å². The Morgan fingerprint density at radius 3 is 2.83 bits per heavy atom. The summed E-state index contributed by atoms with van der Waals surface area (Å²) in [5, 5.41) is 3.61. The Balaban J connectivity index is 2.12. The Labute approximate surface area is 76.3 Å². The molecule has 1 N–H and O–H groups in total. The molecule has 0 aromatic heterocycles. The average Bonchev–Trinajstić information content (AvgIpc) is 2.28. The van der Waals surface area contributed by atoms with Gasteiger partial charge in [-0.1, -0.05) is 12.8 Å². The van der Waals surface area contributed by atoms with Crippen molar-refractivity contribution in [1.29, 1.82) is 0 Å². The van der Waals surface area contributed by atoms with Gasteiger partial charge in [-0.05, 0) is 46.4 Å². The highest BCUT2D eigenvalue weighted by atomic mass is 15.1. The molecule has 0 aliphatic carbocycles. The summed E-state index contributed by atoms with van der Waals surface area (Å²) in [4.78, 5) is 2.27. The van der Waals surface area contributed by atoms with Crippen molar-refractivity contribution in [3.05, 3.63) is 0 Å². The maximum absolute atomic E-state index is 3.61. The third-order valence-corrected chi connectivity index (χ3v) is 2.59. The summed E-state index contributed by atoms with van der Waals surface area (Å²) >= 11 is 0.